The minimum Gasteiger partial charge on any atom is -0.351 e. The number of amides is 1. The molecule has 108 valence electrons. The minimum atomic E-state index is -3.32. The fraction of sp³-hybridized carbons (Fsp3) is 0.909. The molecule has 1 atom stereocenters. The van der Waals surface area contributed by atoms with E-state index in [1.165, 1.54) is 7.05 Å². The molecule has 0 radical (unpaired) electrons. The van der Waals surface area contributed by atoms with Crippen LogP contribution in [0.1, 0.15) is 27.2 Å². The summed E-state index contributed by atoms with van der Waals surface area (Å²) in [6.45, 7) is 5.83. The number of likely N-dealkylation sites (N-methyl/N-ethyl adjacent to an activating group) is 1. The number of nitrogens with zero attached hydrogens (tertiary/aromatic N) is 1. The van der Waals surface area contributed by atoms with Gasteiger partial charge in [-0.3, -0.25) is 4.79 Å². The Morgan fingerprint density at radius 1 is 1.39 bits per heavy atom. The van der Waals surface area contributed by atoms with Gasteiger partial charge in [-0.25, -0.2) is 8.42 Å². The van der Waals surface area contributed by atoms with E-state index in [9.17, 15) is 13.2 Å². The van der Waals surface area contributed by atoms with Crippen LogP contribution in [0.15, 0.2) is 0 Å². The highest BCUT2D eigenvalue weighted by Crippen LogP contribution is 2.04. The molecule has 0 saturated carbocycles. The van der Waals surface area contributed by atoms with Gasteiger partial charge in [0.2, 0.25) is 15.9 Å². The molecule has 0 aliphatic rings. The van der Waals surface area contributed by atoms with Crippen LogP contribution >= 0.6 is 0 Å². The molecule has 1 unspecified atom stereocenters. The Balaban J connectivity index is 4.33. The van der Waals surface area contributed by atoms with Crippen LogP contribution in [0, 0.1) is 5.92 Å². The Labute approximate surface area is 110 Å². The molecule has 0 aromatic rings. The van der Waals surface area contributed by atoms with E-state index in [4.69, 9.17) is 5.73 Å². The van der Waals surface area contributed by atoms with Gasteiger partial charge in [0.1, 0.15) is 0 Å². The number of sulfonamides is 1. The summed E-state index contributed by atoms with van der Waals surface area (Å²) < 4.78 is 24.0. The van der Waals surface area contributed by atoms with Gasteiger partial charge in [-0.2, -0.15) is 4.31 Å². The van der Waals surface area contributed by atoms with Gasteiger partial charge in [0.15, 0.2) is 0 Å². The molecule has 0 fully saturated rings. The fourth-order valence-electron chi connectivity index (χ4n) is 1.58. The average molecular weight is 279 g/mol. The molecule has 6 nitrogen and oxygen atoms in total. The molecule has 0 aliphatic carbocycles. The van der Waals surface area contributed by atoms with Crippen molar-refractivity contribution in [3.63, 3.8) is 0 Å². The second-order valence-electron chi connectivity index (χ2n) is 4.79. The first-order chi connectivity index (χ1) is 8.22. The molecule has 7 heteroatoms. The molecular weight excluding hydrogens is 254 g/mol. The third-order valence-electron chi connectivity index (χ3n) is 2.61. The quantitative estimate of drug-likeness (QED) is 0.641. The molecule has 0 spiro atoms. The van der Waals surface area contributed by atoms with Crippen molar-refractivity contribution in [1.29, 1.82) is 0 Å². The van der Waals surface area contributed by atoms with E-state index >= 15 is 0 Å². The van der Waals surface area contributed by atoms with Crippen LogP contribution in [0.5, 0.6) is 0 Å². The molecule has 1 amide bonds. The summed E-state index contributed by atoms with van der Waals surface area (Å²) in [5, 5.41) is 2.76. The maximum absolute atomic E-state index is 11.7. The highest BCUT2D eigenvalue weighted by molar-refractivity contribution is 7.89. The number of nitrogens with one attached hydrogen (secondary N) is 1. The second kappa shape index (κ2) is 7.70. The van der Waals surface area contributed by atoms with Crippen molar-refractivity contribution >= 4 is 15.9 Å². The van der Waals surface area contributed by atoms with Crippen LogP contribution in [0.25, 0.3) is 0 Å². The number of carbonyl (C=O) groups is 1. The van der Waals surface area contributed by atoms with Gasteiger partial charge in [0.05, 0.1) is 12.3 Å². The molecule has 0 heterocycles. The van der Waals surface area contributed by atoms with E-state index in [1.54, 1.807) is 6.92 Å². The van der Waals surface area contributed by atoms with Crippen LogP contribution < -0.4 is 11.1 Å². The van der Waals surface area contributed by atoms with Crippen molar-refractivity contribution in [3.05, 3.63) is 0 Å². The third-order valence-corrected chi connectivity index (χ3v) is 4.42. The van der Waals surface area contributed by atoms with Gasteiger partial charge in [-0.05, 0) is 19.3 Å². The number of hydrogen-bond donors (Lipinski definition) is 2. The number of hydrogen-bond acceptors (Lipinski definition) is 4. The number of nitrogens with two attached hydrogens (primary N) is 1. The van der Waals surface area contributed by atoms with Crippen LogP contribution in [-0.2, 0) is 14.8 Å². The molecule has 3 N–H and O–H groups in total. The van der Waals surface area contributed by atoms with E-state index in [-0.39, 0.29) is 24.2 Å². The van der Waals surface area contributed by atoms with Gasteiger partial charge < -0.3 is 11.1 Å². The molecule has 0 aromatic carbocycles. The average Bonchev–Trinajstić information content (AvgIpc) is 2.27. The van der Waals surface area contributed by atoms with Crippen molar-refractivity contribution in [1.82, 2.24) is 9.62 Å². The monoisotopic (exact) mass is 279 g/mol. The second-order valence-corrected chi connectivity index (χ2v) is 7.15. The summed E-state index contributed by atoms with van der Waals surface area (Å²) in [5.74, 6) is 0.102. The zero-order chi connectivity index (χ0) is 14.3. The van der Waals surface area contributed by atoms with Crippen LogP contribution in [0.4, 0.5) is 0 Å². The summed E-state index contributed by atoms with van der Waals surface area (Å²) in [5.41, 5.74) is 5.57. The summed E-state index contributed by atoms with van der Waals surface area (Å²) in [6.07, 6.45) is 0.784. The number of rotatable bonds is 8. The predicted octanol–water partition coefficient (Wildman–Crippen LogP) is -0.242. The van der Waals surface area contributed by atoms with E-state index in [1.807, 2.05) is 13.8 Å². The van der Waals surface area contributed by atoms with Gasteiger partial charge in [0, 0.05) is 19.6 Å². The summed E-state index contributed by atoms with van der Waals surface area (Å²) >= 11 is 0. The summed E-state index contributed by atoms with van der Waals surface area (Å²) in [7, 11) is -1.92. The van der Waals surface area contributed by atoms with E-state index in [0.717, 1.165) is 10.7 Å². The van der Waals surface area contributed by atoms with E-state index in [2.05, 4.69) is 5.32 Å². The third kappa shape index (κ3) is 6.32. The lowest BCUT2D eigenvalue weighted by molar-refractivity contribution is -0.121. The lowest BCUT2D eigenvalue weighted by Crippen LogP contribution is -2.46. The summed E-state index contributed by atoms with van der Waals surface area (Å²) in [6, 6.07) is -0.102. The Hall–Kier alpha value is -0.660. The molecule has 18 heavy (non-hydrogen) atoms. The first kappa shape index (κ1) is 17.3. The van der Waals surface area contributed by atoms with Crippen molar-refractivity contribution < 1.29 is 13.2 Å². The molecule has 0 saturated heterocycles. The van der Waals surface area contributed by atoms with Crippen molar-refractivity contribution in [2.45, 2.75) is 33.2 Å². The molecule has 0 bridgehead atoms. The highest BCUT2D eigenvalue weighted by atomic mass is 32.2. The van der Waals surface area contributed by atoms with Crippen LogP contribution in [0.2, 0.25) is 0 Å². The van der Waals surface area contributed by atoms with Gasteiger partial charge in [-0.1, -0.05) is 13.8 Å². The smallest absolute Gasteiger partial charge is 0.235 e. The maximum atomic E-state index is 11.7. The Morgan fingerprint density at radius 3 is 2.33 bits per heavy atom. The Kier molecular flexibility index (Phi) is 7.42. The lowest BCUT2D eigenvalue weighted by Gasteiger charge is -2.21. The van der Waals surface area contributed by atoms with Crippen LogP contribution in [0.3, 0.4) is 0 Å². The zero-order valence-corrected chi connectivity index (χ0v) is 12.5. The molecule has 0 aromatic heterocycles. The largest absolute Gasteiger partial charge is 0.351 e. The van der Waals surface area contributed by atoms with E-state index in [0.29, 0.717) is 12.5 Å². The summed E-state index contributed by atoms with van der Waals surface area (Å²) in [4.78, 5) is 11.7. The molecular formula is C11H25N3O3S. The lowest BCUT2D eigenvalue weighted by atomic mass is 10.0. The van der Waals surface area contributed by atoms with Gasteiger partial charge >= 0.3 is 0 Å². The predicted molar refractivity (Wildman–Crippen MR) is 72.5 cm³/mol. The SMILES string of the molecule is CCS(=O)(=O)N(C)CC(=O)NC(CN)CC(C)C. The van der Waals surface area contributed by atoms with Crippen molar-refractivity contribution in [2.24, 2.45) is 11.7 Å². The molecule has 0 rings (SSSR count). The zero-order valence-electron chi connectivity index (χ0n) is 11.6. The maximum Gasteiger partial charge on any atom is 0.235 e. The minimum absolute atomic E-state index is 0.0108. The van der Waals surface area contributed by atoms with Crippen molar-refractivity contribution in [2.75, 3.05) is 25.9 Å². The van der Waals surface area contributed by atoms with Gasteiger partial charge in [-0.15, -0.1) is 0 Å². The van der Waals surface area contributed by atoms with Crippen molar-refractivity contribution in [3.8, 4) is 0 Å². The van der Waals surface area contributed by atoms with E-state index < -0.39 is 10.0 Å². The normalized spacial score (nSPS) is 13.9. The first-order valence-corrected chi connectivity index (χ1v) is 7.77. The Morgan fingerprint density at radius 2 is 1.94 bits per heavy atom. The fourth-order valence-corrected chi connectivity index (χ4v) is 2.33. The highest BCUT2D eigenvalue weighted by Gasteiger charge is 2.20. The van der Waals surface area contributed by atoms with Crippen LogP contribution in [-0.4, -0.2) is 50.6 Å². The standard InChI is InChI=1S/C11H25N3O3S/c1-5-18(16,17)14(4)8-11(15)13-10(7-12)6-9(2)3/h9-10H,5-8,12H2,1-4H3,(H,13,15). The molecule has 0 aliphatic heterocycles. The first-order valence-electron chi connectivity index (χ1n) is 6.16. The number of carbonyl (C=O) groups excluding carboxylic acids is 1. The van der Waals surface area contributed by atoms with Gasteiger partial charge in [0.25, 0.3) is 0 Å². The topological polar surface area (TPSA) is 92.5 Å². The Bertz CT molecular complexity index is 355.